The van der Waals surface area contributed by atoms with E-state index in [4.69, 9.17) is 0 Å². The zero-order chi connectivity index (χ0) is 22.2. The van der Waals surface area contributed by atoms with Gasteiger partial charge in [0, 0.05) is 23.5 Å². The van der Waals surface area contributed by atoms with Crippen LogP contribution >= 0.6 is 0 Å². The molecule has 1 aromatic carbocycles. The zero-order valence-corrected chi connectivity index (χ0v) is 17.1. The van der Waals surface area contributed by atoms with E-state index in [2.05, 4.69) is 15.3 Å². The second-order valence-corrected chi connectivity index (χ2v) is 8.60. The summed E-state index contributed by atoms with van der Waals surface area (Å²) in [5.74, 6) is -1.30. The fourth-order valence-corrected chi connectivity index (χ4v) is 4.93. The Morgan fingerprint density at radius 2 is 2.00 bits per heavy atom. The first-order chi connectivity index (χ1) is 14.8. The minimum Gasteiger partial charge on any atom is -0.481 e. The maximum Gasteiger partial charge on any atom is 0.307 e. The molecule has 0 radical (unpaired) electrons. The van der Waals surface area contributed by atoms with Gasteiger partial charge in [0.15, 0.2) is 0 Å². The minimum absolute atomic E-state index is 0.0876. The number of anilines is 2. The average molecular weight is 440 g/mol. The highest BCUT2D eigenvalue weighted by atomic mass is 32.2. The third-order valence-electron chi connectivity index (χ3n) is 4.78. The lowest BCUT2D eigenvalue weighted by Gasteiger charge is -2.11. The number of carboxylic acid groups (broad SMARTS) is 1. The molecule has 0 aliphatic carbocycles. The van der Waals surface area contributed by atoms with Gasteiger partial charge in [-0.15, -0.1) is 0 Å². The molecule has 2 N–H and O–H groups in total. The van der Waals surface area contributed by atoms with Crippen LogP contribution in [0.4, 0.5) is 15.9 Å². The van der Waals surface area contributed by atoms with Gasteiger partial charge < -0.3 is 10.4 Å². The highest BCUT2D eigenvalue weighted by Crippen LogP contribution is 2.31. The van der Waals surface area contributed by atoms with E-state index >= 15 is 0 Å². The van der Waals surface area contributed by atoms with Crippen LogP contribution in [0.1, 0.15) is 11.3 Å². The third-order valence-corrected chi connectivity index (χ3v) is 6.57. The van der Waals surface area contributed by atoms with Crippen LogP contribution in [0.5, 0.6) is 0 Å². The highest BCUT2D eigenvalue weighted by molar-refractivity contribution is 7.90. The molecule has 3 aromatic heterocycles. The van der Waals surface area contributed by atoms with Crippen molar-refractivity contribution < 1.29 is 22.7 Å². The second kappa shape index (κ2) is 7.80. The first kappa shape index (κ1) is 20.5. The van der Waals surface area contributed by atoms with E-state index in [1.165, 1.54) is 31.3 Å². The minimum atomic E-state index is -4.12. The van der Waals surface area contributed by atoms with Crippen molar-refractivity contribution in [3.63, 3.8) is 0 Å². The molecule has 0 unspecified atom stereocenters. The average Bonchev–Trinajstić information content (AvgIpc) is 3.00. The summed E-state index contributed by atoms with van der Waals surface area (Å²) in [5, 5.41) is 12.5. The molecule has 0 bridgehead atoms. The normalized spacial score (nSPS) is 11.5. The fraction of sp³-hybridized carbons (Fsp3) is 0.0952. The number of fused-ring (bicyclic) bond motifs is 1. The number of benzene rings is 1. The number of hydrogen-bond acceptors (Lipinski definition) is 6. The van der Waals surface area contributed by atoms with Crippen LogP contribution < -0.4 is 5.32 Å². The van der Waals surface area contributed by atoms with E-state index in [9.17, 15) is 22.7 Å². The van der Waals surface area contributed by atoms with Crippen molar-refractivity contribution in [1.82, 2.24) is 13.9 Å². The van der Waals surface area contributed by atoms with Gasteiger partial charge >= 0.3 is 5.97 Å². The Balaban J connectivity index is 1.78. The van der Waals surface area contributed by atoms with Crippen molar-refractivity contribution in [1.29, 1.82) is 0 Å². The van der Waals surface area contributed by atoms with Gasteiger partial charge in [0.05, 0.1) is 23.8 Å². The molecule has 0 saturated heterocycles. The monoisotopic (exact) mass is 440 g/mol. The molecule has 0 amide bonds. The van der Waals surface area contributed by atoms with Gasteiger partial charge in [0.1, 0.15) is 16.5 Å². The lowest BCUT2D eigenvalue weighted by molar-refractivity contribution is -0.136. The van der Waals surface area contributed by atoms with Gasteiger partial charge in [-0.2, -0.15) is 0 Å². The smallest absolute Gasteiger partial charge is 0.307 e. The van der Waals surface area contributed by atoms with Crippen molar-refractivity contribution in [3.8, 4) is 0 Å². The largest absolute Gasteiger partial charge is 0.481 e. The number of carbonyl (C=O) groups is 1. The molecule has 8 nitrogen and oxygen atoms in total. The summed E-state index contributed by atoms with van der Waals surface area (Å²) in [5.41, 5.74) is 1.35. The van der Waals surface area contributed by atoms with Crippen LogP contribution in [0, 0.1) is 12.7 Å². The van der Waals surface area contributed by atoms with E-state index in [0.717, 1.165) is 16.1 Å². The van der Waals surface area contributed by atoms with E-state index < -0.39 is 28.2 Å². The third kappa shape index (κ3) is 3.84. The first-order valence-electron chi connectivity index (χ1n) is 9.17. The van der Waals surface area contributed by atoms with Gasteiger partial charge in [-0.3, -0.25) is 9.78 Å². The van der Waals surface area contributed by atoms with Crippen molar-refractivity contribution >= 4 is 38.4 Å². The van der Waals surface area contributed by atoms with Gasteiger partial charge in [-0.1, -0.05) is 0 Å². The Morgan fingerprint density at radius 3 is 2.65 bits per heavy atom. The highest BCUT2D eigenvalue weighted by Gasteiger charge is 2.26. The summed E-state index contributed by atoms with van der Waals surface area (Å²) in [4.78, 5) is 19.4. The maximum atomic E-state index is 13.8. The summed E-state index contributed by atoms with van der Waals surface area (Å²) in [7, 11) is -4.12. The number of halogens is 1. The molecule has 10 heteroatoms. The van der Waals surface area contributed by atoms with Gasteiger partial charge in [0.25, 0.3) is 10.0 Å². The number of rotatable bonds is 6. The Hall–Kier alpha value is -3.79. The molecule has 4 aromatic rings. The lowest BCUT2D eigenvalue weighted by atomic mass is 10.1. The number of hydrogen-bond donors (Lipinski definition) is 2. The molecule has 0 atom stereocenters. The van der Waals surface area contributed by atoms with Crippen LogP contribution in [-0.2, 0) is 21.2 Å². The van der Waals surface area contributed by atoms with E-state index in [0.29, 0.717) is 11.5 Å². The number of pyridine rings is 2. The maximum absolute atomic E-state index is 13.8. The lowest BCUT2D eigenvalue weighted by Crippen LogP contribution is -2.15. The van der Waals surface area contributed by atoms with Crippen molar-refractivity contribution in [2.75, 3.05) is 5.32 Å². The fourth-order valence-electron chi connectivity index (χ4n) is 3.41. The predicted octanol–water partition coefficient (Wildman–Crippen LogP) is 3.49. The number of aromatic nitrogens is 3. The van der Waals surface area contributed by atoms with E-state index in [-0.39, 0.29) is 27.1 Å². The number of nitrogens with zero attached hydrogens (tertiary/aromatic N) is 3. The first-order valence-corrected chi connectivity index (χ1v) is 10.6. The summed E-state index contributed by atoms with van der Waals surface area (Å²) < 4.78 is 41.6. The van der Waals surface area contributed by atoms with E-state index in [1.807, 2.05) is 0 Å². The van der Waals surface area contributed by atoms with Crippen molar-refractivity contribution in [2.24, 2.45) is 0 Å². The molecular weight excluding hydrogens is 423 g/mol. The quantitative estimate of drug-likeness (QED) is 0.472. The predicted molar refractivity (Wildman–Crippen MR) is 112 cm³/mol. The van der Waals surface area contributed by atoms with Gasteiger partial charge in [0.2, 0.25) is 0 Å². The number of nitrogens with one attached hydrogen (secondary N) is 1. The molecule has 0 fully saturated rings. The molecule has 0 aliphatic rings. The summed E-state index contributed by atoms with van der Waals surface area (Å²) in [6.07, 6.45) is 4.01. The topological polar surface area (TPSA) is 114 Å². The molecule has 3 heterocycles. The Bertz CT molecular complexity index is 1380. The van der Waals surface area contributed by atoms with E-state index in [1.54, 1.807) is 24.5 Å². The van der Waals surface area contributed by atoms with Gasteiger partial charge in [-0.25, -0.2) is 21.8 Å². The molecule has 31 heavy (non-hydrogen) atoms. The SMILES string of the molecule is Cc1c(CC(=O)O)c2cc(F)ccc2n1S(=O)(=O)c1ccc(Nc2cccnc2)nc1. The van der Waals surface area contributed by atoms with Crippen molar-refractivity contribution in [3.05, 3.63) is 78.1 Å². The molecule has 0 aliphatic heterocycles. The molecule has 4 rings (SSSR count). The van der Waals surface area contributed by atoms with Crippen LogP contribution in [0.15, 0.2) is 66.0 Å². The summed E-state index contributed by atoms with van der Waals surface area (Å²) in [6, 6.07) is 10.1. The second-order valence-electron chi connectivity index (χ2n) is 6.81. The van der Waals surface area contributed by atoms with Gasteiger partial charge in [-0.05, 0) is 55.0 Å². The number of aliphatic carboxylic acids is 1. The van der Waals surface area contributed by atoms with Crippen LogP contribution in [-0.4, -0.2) is 33.4 Å². The summed E-state index contributed by atoms with van der Waals surface area (Å²) >= 11 is 0. The Morgan fingerprint density at radius 1 is 1.19 bits per heavy atom. The standard InChI is InChI=1S/C21H17FN4O4S/c1-13-17(10-21(27)28)18-9-14(22)4-6-19(18)26(13)31(29,30)16-5-7-20(24-12-16)25-15-3-2-8-23-11-15/h2-9,11-12H,10H2,1H3,(H,24,25)(H,27,28). The summed E-state index contributed by atoms with van der Waals surface area (Å²) in [6.45, 7) is 1.50. The van der Waals surface area contributed by atoms with Crippen LogP contribution in [0.2, 0.25) is 0 Å². The molecule has 0 spiro atoms. The van der Waals surface area contributed by atoms with Crippen LogP contribution in [0.3, 0.4) is 0 Å². The zero-order valence-electron chi connectivity index (χ0n) is 16.3. The number of carboxylic acids is 1. The Kier molecular flexibility index (Phi) is 5.15. The Labute approximate surface area is 177 Å². The molecule has 0 saturated carbocycles. The molecule has 158 valence electrons. The van der Waals surface area contributed by atoms with Crippen LogP contribution in [0.25, 0.3) is 10.9 Å². The molecular formula is C21H17FN4O4S. The van der Waals surface area contributed by atoms with Crippen molar-refractivity contribution in [2.45, 2.75) is 18.2 Å².